The Morgan fingerprint density at radius 1 is 1.10 bits per heavy atom. The molecule has 0 fully saturated rings. The van der Waals surface area contributed by atoms with Gasteiger partial charge in [-0.15, -0.1) is 0 Å². The fourth-order valence-corrected chi connectivity index (χ4v) is 2.39. The Morgan fingerprint density at radius 2 is 1.81 bits per heavy atom. The van der Waals surface area contributed by atoms with Crippen molar-refractivity contribution in [1.29, 1.82) is 0 Å². The Kier molecular flexibility index (Phi) is 3.45. The molecular formula is C15H11ClF3NO. The average molecular weight is 314 g/mol. The Morgan fingerprint density at radius 3 is 2.48 bits per heavy atom. The number of hydrogen-bond donors (Lipinski definition) is 1. The van der Waals surface area contributed by atoms with E-state index in [1.54, 1.807) is 18.2 Å². The van der Waals surface area contributed by atoms with Crippen LogP contribution in [0.4, 0.5) is 18.9 Å². The van der Waals surface area contributed by atoms with Gasteiger partial charge in [0.05, 0.1) is 17.8 Å². The highest BCUT2D eigenvalue weighted by atomic mass is 35.5. The molecule has 0 aromatic heterocycles. The smallest absolute Gasteiger partial charge is 0.416 e. The lowest BCUT2D eigenvalue weighted by molar-refractivity contribution is -0.137. The summed E-state index contributed by atoms with van der Waals surface area (Å²) in [5, 5.41) is 3.76. The molecule has 110 valence electrons. The maximum atomic E-state index is 12.5. The lowest BCUT2D eigenvalue weighted by Crippen LogP contribution is -2.23. The van der Waals surface area contributed by atoms with Crippen molar-refractivity contribution in [3.63, 3.8) is 0 Å². The lowest BCUT2D eigenvalue weighted by atomic mass is 10.1. The van der Waals surface area contributed by atoms with Gasteiger partial charge >= 0.3 is 6.18 Å². The quantitative estimate of drug-likeness (QED) is 0.808. The molecule has 0 spiro atoms. The molecule has 0 radical (unpaired) electrons. The lowest BCUT2D eigenvalue weighted by Gasteiger charge is -2.28. The molecule has 1 aliphatic rings. The maximum Gasteiger partial charge on any atom is 0.416 e. The number of ether oxygens (including phenoxy) is 1. The van der Waals surface area contributed by atoms with E-state index in [4.69, 9.17) is 16.3 Å². The van der Waals surface area contributed by atoms with E-state index in [1.165, 1.54) is 12.1 Å². The van der Waals surface area contributed by atoms with Crippen LogP contribution in [0.1, 0.15) is 17.2 Å². The summed E-state index contributed by atoms with van der Waals surface area (Å²) in [6.07, 6.45) is -4.66. The van der Waals surface area contributed by atoms with Crippen molar-refractivity contribution in [3.05, 3.63) is 58.6 Å². The summed E-state index contributed by atoms with van der Waals surface area (Å²) in [5.74, 6) is 0.635. The molecule has 0 saturated heterocycles. The summed E-state index contributed by atoms with van der Waals surface area (Å²) in [5.41, 5.74) is 0.809. The van der Waals surface area contributed by atoms with Gasteiger partial charge in [-0.3, -0.25) is 0 Å². The minimum absolute atomic E-state index is 0.332. The molecule has 2 nitrogen and oxygen atoms in total. The van der Waals surface area contributed by atoms with Gasteiger partial charge in [0.15, 0.2) is 0 Å². The third-order valence-corrected chi connectivity index (χ3v) is 3.53. The van der Waals surface area contributed by atoms with Crippen molar-refractivity contribution in [3.8, 4) is 5.75 Å². The minimum Gasteiger partial charge on any atom is -0.482 e. The van der Waals surface area contributed by atoms with Crippen LogP contribution >= 0.6 is 11.6 Å². The Balaban J connectivity index is 1.81. The van der Waals surface area contributed by atoms with Crippen molar-refractivity contribution < 1.29 is 17.9 Å². The van der Waals surface area contributed by atoms with Crippen molar-refractivity contribution in [2.24, 2.45) is 0 Å². The van der Waals surface area contributed by atoms with Crippen LogP contribution in [0.15, 0.2) is 42.5 Å². The van der Waals surface area contributed by atoms with Gasteiger partial charge in [-0.05, 0) is 35.9 Å². The van der Waals surface area contributed by atoms with Crippen molar-refractivity contribution in [2.45, 2.75) is 12.3 Å². The zero-order valence-electron chi connectivity index (χ0n) is 10.7. The van der Waals surface area contributed by atoms with E-state index in [9.17, 15) is 13.2 Å². The number of halogens is 4. The monoisotopic (exact) mass is 313 g/mol. The topological polar surface area (TPSA) is 21.3 Å². The highest BCUT2D eigenvalue weighted by molar-refractivity contribution is 6.30. The van der Waals surface area contributed by atoms with Gasteiger partial charge in [-0.1, -0.05) is 23.7 Å². The van der Waals surface area contributed by atoms with Crippen LogP contribution in [0, 0.1) is 0 Å². The molecule has 2 aromatic carbocycles. The van der Waals surface area contributed by atoms with Gasteiger partial charge in [0, 0.05) is 5.02 Å². The molecule has 1 aliphatic heterocycles. The summed E-state index contributed by atoms with van der Waals surface area (Å²) in [4.78, 5) is 0. The van der Waals surface area contributed by atoms with Crippen LogP contribution in [0.5, 0.6) is 5.75 Å². The normalized spacial score (nSPS) is 17.6. The standard InChI is InChI=1S/C15H11ClF3NO/c16-11-5-6-13-12(7-11)20-8-14(21-13)9-1-3-10(4-2-9)15(17,18)19/h1-7,14,20H,8H2. The SMILES string of the molecule is FC(F)(F)c1ccc(C2CNc3cc(Cl)ccc3O2)cc1. The van der Waals surface area contributed by atoms with Crippen LogP contribution in [-0.2, 0) is 6.18 Å². The summed E-state index contributed by atoms with van der Waals surface area (Å²) < 4.78 is 43.4. The third-order valence-electron chi connectivity index (χ3n) is 3.30. The molecule has 1 unspecified atom stereocenters. The van der Waals surface area contributed by atoms with E-state index >= 15 is 0 Å². The van der Waals surface area contributed by atoms with Gasteiger partial charge in [-0.2, -0.15) is 13.2 Å². The number of nitrogens with one attached hydrogen (secondary N) is 1. The number of benzene rings is 2. The molecule has 2 aromatic rings. The average Bonchev–Trinajstić information content (AvgIpc) is 2.46. The molecule has 0 bridgehead atoms. The molecule has 6 heteroatoms. The predicted octanol–water partition coefficient (Wildman–Crippen LogP) is 4.90. The molecule has 0 amide bonds. The minimum atomic E-state index is -4.33. The van der Waals surface area contributed by atoms with E-state index in [0.717, 1.165) is 17.8 Å². The Bertz CT molecular complexity index is 655. The second-order valence-electron chi connectivity index (χ2n) is 4.75. The fraction of sp³-hybridized carbons (Fsp3) is 0.200. The van der Waals surface area contributed by atoms with Crippen LogP contribution < -0.4 is 10.1 Å². The van der Waals surface area contributed by atoms with Crippen LogP contribution in [0.3, 0.4) is 0 Å². The van der Waals surface area contributed by atoms with E-state index in [2.05, 4.69) is 5.32 Å². The van der Waals surface area contributed by atoms with Gasteiger partial charge in [-0.25, -0.2) is 0 Å². The second kappa shape index (κ2) is 5.15. The third kappa shape index (κ3) is 2.93. The molecule has 3 rings (SSSR count). The molecule has 0 saturated carbocycles. The van der Waals surface area contributed by atoms with Gasteiger partial charge in [0.1, 0.15) is 11.9 Å². The Labute approximate surface area is 124 Å². The summed E-state index contributed by atoms with van der Waals surface area (Å²) in [6, 6.07) is 10.2. The Hall–Kier alpha value is -1.88. The van der Waals surface area contributed by atoms with Crippen LogP contribution in [0.25, 0.3) is 0 Å². The highest BCUT2D eigenvalue weighted by Crippen LogP contribution is 2.36. The molecule has 1 N–H and O–H groups in total. The number of rotatable bonds is 1. The zero-order valence-corrected chi connectivity index (χ0v) is 11.5. The summed E-state index contributed by atoms with van der Waals surface area (Å²) in [7, 11) is 0. The first-order valence-corrected chi connectivity index (χ1v) is 6.68. The first-order chi connectivity index (χ1) is 9.93. The van der Waals surface area contributed by atoms with Gasteiger partial charge < -0.3 is 10.1 Å². The van der Waals surface area contributed by atoms with E-state index < -0.39 is 11.7 Å². The van der Waals surface area contributed by atoms with Gasteiger partial charge in [0.25, 0.3) is 0 Å². The molecule has 1 heterocycles. The summed E-state index contributed by atoms with van der Waals surface area (Å²) >= 11 is 5.89. The first kappa shape index (κ1) is 14.1. The number of hydrogen-bond acceptors (Lipinski definition) is 2. The maximum absolute atomic E-state index is 12.5. The first-order valence-electron chi connectivity index (χ1n) is 6.31. The predicted molar refractivity (Wildman–Crippen MR) is 74.8 cm³/mol. The molecule has 21 heavy (non-hydrogen) atoms. The van der Waals surface area contributed by atoms with Crippen molar-refractivity contribution in [2.75, 3.05) is 11.9 Å². The largest absolute Gasteiger partial charge is 0.482 e. The number of alkyl halides is 3. The summed E-state index contributed by atoms with van der Waals surface area (Å²) in [6.45, 7) is 0.471. The molecule has 0 aliphatic carbocycles. The van der Waals surface area contributed by atoms with Crippen LogP contribution in [-0.4, -0.2) is 6.54 Å². The zero-order chi connectivity index (χ0) is 15.0. The highest BCUT2D eigenvalue weighted by Gasteiger charge is 2.30. The van der Waals surface area contributed by atoms with Crippen molar-refractivity contribution >= 4 is 17.3 Å². The molecular weight excluding hydrogens is 303 g/mol. The van der Waals surface area contributed by atoms with Crippen LogP contribution in [0.2, 0.25) is 5.02 Å². The number of anilines is 1. The van der Waals surface area contributed by atoms with Gasteiger partial charge in [0.2, 0.25) is 0 Å². The van der Waals surface area contributed by atoms with Crippen molar-refractivity contribution in [1.82, 2.24) is 0 Å². The number of fused-ring (bicyclic) bond motifs is 1. The van der Waals surface area contributed by atoms with E-state index in [0.29, 0.717) is 22.9 Å². The fourth-order valence-electron chi connectivity index (χ4n) is 2.21. The molecule has 1 atom stereocenters. The van der Waals surface area contributed by atoms with E-state index in [-0.39, 0.29) is 6.10 Å². The van der Waals surface area contributed by atoms with E-state index in [1.807, 2.05) is 0 Å². The second-order valence-corrected chi connectivity index (χ2v) is 5.18.